The van der Waals surface area contributed by atoms with Crippen molar-refractivity contribution in [2.45, 2.75) is 83.5 Å². The van der Waals surface area contributed by atoms with Gasteiger partial charge in [0.25, 0.3) is 5.91 Å². The first-order valence-electron chi connectivity index (χ1n) is 13.0. The fourth-order valence-corrected chi connectivity index (χ4v) is 8.08. The molecular formula is C27H38N2O6. The maximum atomic E-state index is 12.5. The predicted molar refractivity (Wildman–Crippen MR) is 129 cm³/mol. The number of carboxylic acid groups (broad SMARTS) is 1. The van der Waals surface area contributed by atoms with Gasteiger partial charge in [-0.3, -0.25) is 4.79 Å². The topological polar surface area (TPSA) is 120 Å². The van der Waals surface area contributed by atoms with Crippen LogP contribution in [-0.4, -0.2) is 68.7 Å². The highest BCUT2D eigenvalue weighted by Gasteiger charge is 2.62. The Bertz CT molecular complexity index is 1000. The van der Waals surface area contributed by atoms with E-state index in [9.17, 15) is 24.9 Å². The second kappa shape index (κ2) is 8.44. The molecule has 1 aliphatic heterocycles. The maximum Gasteiger partial charge on any atom is 0.326 e. The summed E-state index contributed by atoms with van der Waals surface area (Å²) in [6.45, 7) is 6.30. The molecule has 1 saturated heterocycles. The van der Waals surface area contributed by atoms with Crippen molar-refractivity contribution in [1.29, 1.82) is 0 Å². The molecule has 0 radical (unpaired) electrons. The molecule has 5 aliphatic rings. The number of carbonyl (C=O) groups is 2. The number of carbonyl (C=O) groups excluding carboxylic acids is 1. The fourth-order valence-electron chi connectivity index (χ4n) is 8.08. The Balaban J connectivity index is 1.25. The first-order chi connectivity index (χ1) is 16.5. The van der Waals surface area contributed by atoms with Gasteiger partial charge in [0, 0.05) is 18.4 Å². The highest BCUT2D eigenvalue weighted by atomic mass is 16.6. The predicted octanol–water partition coefficient (Wildman–Crippen LogP) is 2.90. The first-order valence-corrected chi connectivity index (χ1v) is 13.0. The van der Waals surface area contributed by atoms with E-state index in [4.69, 9.17) is 4.84 Å². The van der Waals surface area contributed by atoms with E-state index in [1.54, 1.807) is 0 Å². The van der Waals surface area contributed by atoms with E-state index < -0.39 is 29.6 Å². The number of aliphatic hydroxyl groups excluding tert-OH is 1. The van der Waals surface area contributed by atoms with Crippen LogP contribution in [0.15, 0.2) is 29.0 Å². The van der Waals surface area contributed by atoms with Crippen LogP contribution >= 0.6 is 0 Å². The van der Waals surface area contributed by atoms with Crippen molar-refractivity contribution in [3.8, 4) is 0 Å². The zero-order valence-corrected chi connectivity index (χ0v) is 20.9. The van der Waals surface area contributed by atoms with Crippen molar-refractivity contribution < 1.29 is 29.7 Å². The summed E-state index contributed by atoms with van der Waals surface area (Å²) < 4.78 is 0. The zero-order chi connectivity index (χ0) is 25.2. The van der Waals surface area contributed by atoms with Gasteiger partial charge < -0.3 is 25.1 Å². The largest absolute Gasteiger partial charge is 0.480 e. The third-order valence-corrected chi connectivity index (χ3v) is 10.4. The number of hydrogen-bond acceptors (Lipinski definition) is 6. The van der Waals surface area contributed by atoms with Gasteiger partial charge in [-0.1, -0.05) is 30.7 Å². The monoisotopic (exact) mass is 486 g/mol. The SMILES string of the molecule is C[C@]12C=C/C(=N\OCC(=O)N3C[C@@H](O)C[C@H]3C(=O)O)C=C1CC[C@@H]1[C@@H]2CC[C@@]2(C)[C@H]1CC[C@]2(C)O. The molecule has 0 aromatic heterocycles. The molecule has 4 fully saturated rings. The van der Waals surface area contributed by atoms with E-state index in [0.717, 1.165) is 43.4 Å². The van der Waals surface area contributed by atoms with Gasteiger partial charge in [-0.05, 0) is 80.8 Å². The summed E-state index contributed by atoms with van der Waals surface area (Å²) >= 11 is 0. The Morgan fingerprint density at radius 2 is 1.91 bits per heavy atom. The van der Waals surface area contributed by atoms with Gasteiger partial charge in [-0.2, -0.15) is 0 Å². The summed E-state index contributed by atoms with van der Waals surface area (Å²) in [7, 11) is 0. The summed E-state index contributed by atoms with van der Waals surface area (Å²) in [5.74, 6) is 0.101. The molecule has 0 spiro atoms. The normalized spacial score (nSPS) is 45.5. The maximum absolute atomic E-state index is 12.5. The summed E-state index contributed by atoms with van der Waals surface area (Å²) in [6, 6.07) is -1.03. The molecule has 3 N–H and O–H groups in total. The lowest BCUT2D eigenvalue weighted by Crippen LogP contribution is -2.53. The Morgan fingerprint density at radius 1 is 1.17 bits per heavy atom. The zero-order valence-electron chi connectivity index (χ0n) is 20.9. The average molecular weight is 487 g/mol. The van der Waals surface area contributed by atoms with Gasteiger partial charge in [0.1, 0.15) is 11.8 Å². The van der Waals surface area contributed by atoms with Crippen LogP contribution in [0.1, 0.15) is 65.7 Å². The van der Waals surface area contributed by atoms with Crippen molar-refractivity contribution >= 4 is 17.6 Å². The van der Waals surface area contributed by atoms with Gasteiger partial charge in [-0.15, -0.1) is 0 Å². The van der Waals surface area contributed by atoms with Crippen molar-refractivity contribution in [2.75, 3.05) is 13.2 Å². The number of likely N-dealkylation sites (tertiary alicyclic amines) is 1. The number of nitrogens with zero attached hydrogens (tertiary/aromatic N) is 2. The summed E-state index contributed by atoms with van der Waals surface area (Å²) in [5.41, 5.74) is 1.39. The minimum absolute atomic E-state index is 0.00214. The molecule has 8 atom stereocenters. The number of oxime groups is 1. The van der Waals surface area contributed by atoms with E-state index in [2.05, 4.69) is 31.2 Å². The number of amides is 1. The van der Waals surface area contributed by atoms with Crippen molar-refractivity contribution in [3.05, 3.63) is 23.8 Å². The van der Waals surface area contributed by atoms with Crippen LogP contribution in [-0.2, 0) is 14.4 Å². The van der Waals surface area contributed by atoms with Crippen LogP contribution in [0.3, 0.4) is 0 Å². The summed E-state index contributed by atoms with van der Waals surface area (Å²) in [6.07, 6.45) is 11.8. The third kappa shape index (κ3) is 3.84. The van der Waals surface area contributed by atoms with Gasteiger partial charge >= 0.3 is 5.97 Å². The van der Waals surface area contributed by atoms with Gasteiger partial charge in [0.15, 0.2) is 6.61 Å². The van der Waals surface area contributed by atoms with E-state index >= 15 is 0 Å². The van der Waals surface area contributed by atoms with E-state index in [-0.39, 0.29) is 30.4 Å². The third-order valence-electron chi connectivity index (χ3n) is 10.4. The minimum atomic E-state index is -1.12. The minimum Gasteiger partial charge on any atom is -0.480 e. The van der Waals surface area contributed by atoms with Gasteiger partial charge in [0.05, 0.1) is 11.7 Å². The van der Waals surface area contributed by atoms with Crippen LogP contribution in [0.25, 0.3) is 0 Å². The molecular weight excluding hydrogens is 448 g/mol. The molecule has 35 heavy (non-hydrogen) atoms. The number of rotatable bonds is 4. The molecule has 5 rings (SSSR count). The van der Waals surface area contributed by atoms with Crippen LogP contribution < -0.4 is 0 Å². The summed E-state index contributed by atoms with van der Waals surface area (Å²) in [5, 5.41) is 34.3. The lowest BCUT2D eigenvalue weighted by atomic mass is 9.47. The molecule has 8 nitrogen and oxygen atoms in total. The van der Waals surface area contributed by atoms with Crippen molar-refractivity contribution in [2.24, 2.45) is 33.7 Å². The Hall–Kier alpha value is -2.19. The molecule has 192 valence electrons. The molecule has 3 saturated carbocycles. The molecule has 1 amide bonds. The Morgan fingerprint density at radius 3 is 2.66 bits per heavy atom. The molecule has 4 aliphatic carbocycles. The molecule has 8 heteroatoms. The Labute approximate surface area is 206 Å². The van der Waals surface area contributed by atoms with Crippen LogP contribution in [0.4, 0.5) is 0 Å². The number of aliphatic hydroxyl groups is 2. The van der Waals surface area contributed by atoms with Gasteiger partial charge in [0.2, 0.25) is 0 Å². The van der Waals surface area contributed by atoms with Crippen LogP contribution in [0.5, 0.6) is 0 Å². The number of hydrogen-bond donors (Lipinski definition) is 3. The second-order valence-electron chi connectivity index (χ2n) is 12.0. The number of β-amino-alcohol motifs (C(OH)–C–C–N with tert-alkyl or cyclic N) is 1. The van der Waals surface area contributed by atoms with E-state index in [1.807, 2.05) is 13.0 Å². The quantitative estimate of drug-likeness (QED) is 0.526. The smallest absolute Gasteiger partial charge is 0.326 e. The molecule has 0 aromatic carbocycles. The standard InChI is InChI=1S/C27H38N2O6/c1-25-9-6-17(28-35-15-23(31)29-14-18(30)13-22(29)24(32)33)12-16(25)4-5-19-20(25)7-10-26(2)21(19)8-11-27(26,3)34/h6,9,12,18-22,30,34H,4-5,7-8,10-11,13-15H2,1-3H3,(H,32,33)/b28-17+/t18-,19+,20-,21-,22-,25-,26-,27-/m0/s1. The van der Waals surface area contributed by atoms with Crippen LogP contribution in [0.2, 0.25) is 0 Å². The van der Waals surface area contributed by atoms with Crippen LogP contribution in [0, 0.1) is 28.6 Å². The number of carboxylic acids is 1. The van der Waals surface area contributed by atoms with Crippen molar-refractivity contribution in [3.63, 3.8) is 0 Å². The van der Waals surface area contributed by atoms with E-state index in [1.165, 1.54) is 5.57 Å². The number of allylic oxidation sites excluding steroid dienone is 4. The number of fused-ring (bicyclic) bond motifs is 5. The number of aliphatic carboxylic acids is 1. The molecule has 0 unspecified atom stereocenters. The molecule has 0 aromatic rings. The van der Waals surface area contributed by atoms with Gasteiger partial charge in [-0.25, -0.2) is 4.79 Å². The lowest BCUT2D eigenvalue weighted by Gasteiger charge is -2.58. The average Bonchev–Trinajstić information content (AvgIpc) is 3.31. The fraction of sp³-hybridized carbons (Fsp3) is 0.741. The van der Waals surface area contributed by atoms with E-state index in [0.29, 0.717) is 23.5 Å². The highest BCUT2D eigenvalue weighted by molar-refractivity contribution is 6.05. The summed E-state index contributed by atoms with van der Waals surface area (Å²) in [4.78, 5) is 30.3. The molecule has 1 heterocycles. The lowest BCUT2D eigenvalue weighted by molar-refractivity contribution is -0.150. The first kappa shape index (κ1) is 24.5. The second-order valence-corrected chi connectivity index (χ2v) is 12.0. The Kier molecular flexibility index (Phi) is 5.91. The van der Waals surface area contributed by atoms with Crippen molar-refractivity contribution in [1.82, 2.24) is 4.90 Å². The molecule has 0 bridgehead atoms. The highest BCUT2D eigenvalue weighted by Crippen LogP contribution is 2.66.